The highest BCUT2D eigenvalue weighted by molar-refractivity contribution is 6.30. The van der Waals surface area contributed by atoms with E-state index in [9.17, 15) is 14.0 Å². The summed E-state index contributed by atoms with van der Waals surface area (Å²) in [5.74, 6) is -1.57. The maximum absolute atomic E-state index is 13.3. The standard InChI is InChI=1S/C11H12ClFN2O3/c12-7-3-4-9(8(13)6-7)15-11(18)14-5-1-2-10(16)17/h3-4,6H,1-2,5H2,(H,16,17)(H2,14,15,18). The van der Waals surface area contributed by atoms with Crippen molar-refractivity contribution in [1.82, 2.24) is 5.32 Å². The molecule has 1 rings (SSSR count). The SMILES string of the molecule is O=C(O)CCCNC(=O)Nc1ccc(Cl)cc1F. The average Bonchev–Trinajstić information content (AvgIpc) is 2.28. The van der Waals surface area contributed by atoms with Gasteiger partial charge in [-0.2, -0.15) is 0 Å². The zero-order valence-corrected chi connectivity index (χ0v) is 10.1. The lowest BCUT2D eigenvalue weighted by Gasteiger charge is -2.08. The molecule has 1 aromatic carbocycles. The highest BCUT2D eigenvalue weighted by Gasteiger charge is 2.06. The Bertz CT molecular complexity index is 454. The number of aliphatic carboxylic acids is 1. The molecule has 3 N–H and O–H groups in total. The van der Waals surface area contributed by atoms with E-state index in [1.165, 1.54) is 12.1 Å². The van der Waals surface area contributed by atoms with Crippen LogP contribution in [0.2, 0.25) is 5.02 Å². The van der Waals surface area contributed by atoms with Crippen LogP contribution in [0.4, 0.5) is 14.9 Å². The molecule has 0 radical (unpaired) electrons. The predicted molar refractivity (Wildman–Crippen MR) is 65.3 cm³/mol. The minimum atomic E-state index is -0.930. The van der Waals surface area contributed by atoms with Crippen molar-refractivity contribution in [3.63, 3.8) is 0 Å². The van der Waals surface area contributed by atoms with Gasteiger partial charge in [-0.15, -0.1) is 0 Å². The third-order valence-electron chi connectivity index (χ3n) is 2.03. The normalized spacial score (nSPS) is 9.89. The maximum Gasteiger partial charge on any atom is 0.319 e. The Morgan fingerprint density at radius 1 is 1.39 bits per heavy atom. The Labute approximate surface area is 108 Å². The molecule has 0 saturated carbocycles. The van der Waals surface area contributed by atoms with Gasteiger partial charge in [-0.1, -0.05) is 11.6 Å². The minimum absolute atomic E-state index is 0.00938. The second-order valence-electron chi connectivity index (χ2n) is 3.50. The summed E-state index contributed by atoms with van der Waals surface area (Å²) < 4.78 is 13.3. The van der Waals surface area contributed by atoms with Crippen LogP contribution in [-0.2, 0) is 4.79 Å². The number of nitrogens with one attached hydrogen (secondary N) is 2. The molecule has 0 unspecified atom stereocenters. The van der Waals surface area contributed by atoms with E-state index in [1.807, 2.05) is 0 Å². The first-order valence-corrected chi connectivity index (χ1v) is 5.58. The third-order valence-corrected chi connectivity index (χ3v) is 2.27. The van der Waals surface area contributed by atoms with Gasteiger partial charge in [0.2, 0.25) is 0 Å². The summed E-state index contributed by atoms with van der Waals surface area (Å²) in [7, 11) is 0. The molecule has 2 amide bonds. The van der Waals surface area contributed by atoms with E-state index in [2.05, 4.69) is 10.6 Å². The van der Waals surface area contributed by atoms with Crippen LogP contribution < -0.4 is 10.6 Å². The molecule has 0 aliphatic heterocycles. The molecule has 0 aliphatic rings. The molecule has 5 nitrogen and oxygen atoms in total. The number of benzene rings is 1. The van der Waals surface area contributed by atoms with Crippen LogP contribution in [0.25, 0.3) is 0 Å². The third kappa shape index (κ3) is 5.01. The lowest BCUT2D eigenvalue weighted by atomic mass is 10.3. The number of urea groups is 1. The molecule has 0 fully saturated rings. The van der Waals surface area contributed by atoms with E-state index < -0.39 is 17.8 Å². The lowest BCUT2D eigenvalue weighted by Crippen LogP contribution is -2.30. The average molecular weight is 275 g/mol. The molecule has 0 atom stereocenters. The molecule has 0 bridgehead atoms. The molecule has 0 spiro atoms. The van der Waals surface area contributed by atoms with Gasteiger partial charge >= 0.3 is 12.0 Å². The van der Waals surface area contributed by atoms with E-state index in [0.717, 1.165) is 6.07 Å². The van der Waals surface area contributed by atoms with Gasteiger partial charge in [0.05, 0.1) is 5.69 Å². The first kappa shape index (κ1) is 14.2. The number of carbonyl (C=O) groups is 2. The molecular weight excluding hydrogens is 263 g/mol. The van der Waals surface area contributed by atoms with Gasteiger partial charge in [0.15, 0.2) is 0 Å². The molecule has 0 heterocycles. The van der Waals surface area contributed by atoms with E-state index in [-0.39, 0.29) is 23.7 Å². The molecule has 98 valence electrons. The molecular formula is C11H12ClFN2O3. The van der Waals surface area contributed by atoms with Crippen molar-refractivity contribution in [2.75, 3.05) is 11.9 Å². The van der Waals surface area contributed by atoms with Gasteiger partial charge in [-0.05, 0) is 24.6 Å². The lowest BCUT2D eigenvalue weighted by molar-refractivity contribution is -0.137. The Morgan fingerprint density at radius 3 is 2.72 bits per heavy atom. The Hall–Kier alpha value is -1.82. The number of amides is 2. The second kappa shape index (κ2) is 6.80. The monoisotopic (exact) mass is 274 g/mol. The van der Waals surface area contributed by atoms with E-state index in [0.29, 0.717) is 6.42 Å². The number of rotatable bonds is 5. The van der Waals surface area contributed by atoms with Gasteiger partial charge in [0.1, 0.15) is 5.82 Å². The number of carboxylic acids is 1. The van der Waals surface area contributed by atoms with Gasteiger partial charge in [0, 0.05) is 18.0 Å². The van der Waals surface area contributed by atoms with Gasteiger partial charge < -0.3 is 15.7 Å². The van der Waals surface area contributed by atoms with Crippen LogP contribution in [0.5, 0.6) is 0 Å². The summed E-state index contributed by atoms with van der Waals surface area (Å²) in [5, 5.41) is 13.3. The van der Waals surface area contributed by atoms with Crippen molar-refractivity contribution >= 4 is 29.3 Å². The van der Waals surface area contributed by atoms with Crippen LogP contribution in [-0.4, -0.2) is 23.7 Å². The largest absolute Gasteiger partial charge is 0.481 e. The van der Waals surface area contributed by atoms with E-state index >= 15 is 0 Å². The van der Waals surface area contributed by atoms with Crippen molar-refractivity contribution in [2.45, 2.75) is 12.8 Å². The number of anilines is 1. The minimum Gasteiger partial charge on any atom is -0.481 e. The second-order valence-corrected chi connectivity index (χ2v) is 3.94. The van der Waals surface area contributed by atoms with E-state index in [4.69, 9.17) is 16.7 Å². The maximum atomic E-state index is 13.3. The summed E-state index contributed by atoms with van der Waals surface area (Å²) in [5.41, 5.74) is 0.00938. The quantitative estimate of drug-likeness (QED) is 0.722. The number of hydrogen-bond acceptors (Lipinski definition) is 2. The first-order valence-electron chi connectivity index (χ1n) is 5.20. The molecule has 18 heavy (non-hydrogen) atoms. The van der Waals surface area contributed by atoms with Crippen molar-refractivity contribution in [1.29, 1.82) is 0 Å². The van der Waals surface area contributed by atoms with Gasteiger partial charge in [0.25, 0.3) is 0 Å². The molecule has 0 aromatic heterocycles. The Balaban J connectivity index is 2.38. The molecule has 7 heteroatoms. The van der Waals surface area contributed by atoms with Crippen LogP contribution in [0.15, 0.2) is 18.2 Å². The Kier molecular flexibility index (Phi) is 5.38. The number of carboxylic acid groups (broad SMARTS) is 1. The highest BCUT2D eigenvalue weighted by Crippen LogP contribution is 2.18. The molecule has 1 aromatic rings. The molecule has 0 aliphatic carbocycles. The zero-order chi connectivity index (χ0) is 13.5. The van der Waals surface area contributed by atoms with Crippen LogP contribution in [0.3, 0.4) is 0 Å². The highest BCUT2D eigenvalue weighted by atomic mass is 35.5. The fourth-order valence-corrected chi connectivity index (χ4v) is 1.36. The fourth-order valence-electron chi connectivity index (χ4n) is 1.20. The van der Waals surface area contributed by atoms with Gasteiger partial charge in [-0.3, -0.25) is 4.79 Å². The summed E-state index contributed by atoms with van der Waals surface area (Å²) in [6.45, 7) is 0.202. The van der Waals surface area contributed by atoms with Crippen LogP contribution in [0, 0.1) is 5.82 Å². The first-order chi connectivity index (χ1) is 8.49. The summed E-state index contributed by atoms with van der Waals surface area (Å²) >= 11 is 5.56. The zero-order valence-electron chi connectivity index (χ0n) is 9.37. The van der Waals surface area contributed by atoms with Crippen molar-refractivity contribution < 1.29 is 19.1 Å². The van der Waals surface area contributed by atoms with Gasteiger partial charge in [-0.25, -0.2) is 9.18 Å². The number of hydrogen-bond donors (Lipinski definition) is 3. The predicted octanol–water partition coefficient (Wildman–Crippen LogP) is 2.47. The van der Waals surface area contributed by atoms with Crippen LogP contribution >= 0.6 is 11.6 Å². The Morgan fingerprint density at radius 2 is 2.11 bits per heavy atom. The number of carbonyl (C=O) groups excluding carboxylic acids is 1. The topological polar surface area (TPSA) is 78.4 Å². The van der Waals surface area contributed by atoms with E-state index in [1.54, 1.807) is 0 Å². The summed E-state index contributed by atoms with van der Waals surface area (Å²) in [6, 6.07) is 3.28. The smallest absolute Gasteiger partial charge is 0.319 e. The summed E-state index contributed by atoms with van der Waals surface area (Å²) in [4.78, 5) is 21.5. The number of halogens is 2. The molecule has 0 saturated heterocycles. The van der Waals surface area contributed by atoms with Crippen molar-refractivity contribution in [2.24, 2.45) is 0 Å². The summed E-state index contributed by atoms with van der Waals surface area (Å²) in [6.07, 6.45) is 0.279. The fraction of sp³-hybridized carbons (Fsp3) is 0.273. The van der Waals surface area contributed by atoms with Crippen molar-refractivity contribution in [3.05, 3.63) is 29.0 Å². The van der Waals surface area contributed by atoms with Crippen molar-refractivity contribution in [3.8, 4) is 0 Å². The van der Waals surface area contributed by atoms with Crippen LogP contribution in [0.1, 0.15) is 12.8 Å².